The van der Waals surface area contributed by atoms with E-state index in [0.29, 0.717) is 5.41 Å². The van der Waals surface area contributed by atoms with Crippen molar-refractivity contribution in [1.29, 1.82) is 0 Å². The van der Waals surface area contributed by atoms with Crippen LogP contribution in [-0.4, -0.2) is 12.1 Å². The summed E-state index contributed by atoms with van der Waals surface area (Å²) in [7, 11) is 0. The van der Waals surface area contributed by atoms with E-state index in [1.807, 2.05) is 11.3 Å². The topological polar surface area (TPSA) is 12.0 Å². The molecular weight excluding hydrogens is 238 g/mol. The molecule has 0 aliphatic carbocycles. The van der Waals surface area contributed by atoms with Gasteiger partial charge in [0, 0.05) is 15.3 Å². The Morgan fingerprint density at radius 3 is 2.22 bits per heavy atom. The van der Waals surface area contributed by atoms with Gasteiger partial charge in [-0.3, -0.25) is 0 Å². The Morgan fingerprint density at radius 1 is 1.06 bits per heavy atom. The maximum Gasteiger partial charge on any atom is 0.00965 e. The molecule has 0 radical (unpaired) electrons. The molecule has 1 heterocycles. The van der Waals surface area contributed by atoms with Gasteiger partial charge in [0.05, 0.1) is 0 Å². The van der Waals surface area contributed by atoms with Crippen molar-refractivity contribution in [3.63, 3.8) is 0 Å². The second kappa shape index (κ2) is 6.21. The number of nitrogens with one attached hydrogen (secondary N) is 1. The predicted molar refractivity (Wildman–Crippen MR) is 83.5 cm³/mol. The van der Waals surface area contributed by atoms with E-state index in [1.165, 1.54) is 29.0 Å². The van der Waals surface area contributed by atoms with Crippen molar-refractivity contribution >= 4 is 11.3 Å². The van der Waals surface area contributed by atoms with Gasteiger partial charge in [0.2, 0.25) is 0 Å². The minimum atomic E-state index is 0.237. The number of hydrogen-bond acceptors (Lipinski definition) is 2. The Hall–Kier alpha value is -0.340. The van der Waals surface area contributed by atoms with Gasteiger partial charge in [0.1, 0.15) is 0 Å². The van der Waals surface area contributed by atoms with Gasteiger partial charge < -0.3 is 5.32 Å². The van der Waals surface area contributed by atoms with Crippen molar-refractivity contribution in [2.75, 3.05) is 6.54 Å². The van der Waals surface area contributed by atoms with Crippen LogP contribution >= 0.6 is 11.3 Å². The van der Waals surface area contributed by atoms with Crippen LogP contribution < -0.4 is 5.32 Å². The Balaban J connectivity index is 2.31. The largest absolute Gasteiger partial charge is 0.312 e. The molecule has 1 aromatic heterocycles. The SMILES string of the molecule is Cc1ccc(CCC(C)(C)CCNC(C)(C)C)s1. The zero-order valence-corrected chi connectivity index (χ0v) is 13.7. The lowest BCUT2D eigenvalue weighted by Gasteiger charge is -2.28. The van der Waals surface area contributed by atoms with Crippen LogP contribution in [0.25, 0.3) is 0 Å². The molecule has 1 rings (SSSR count). The van der Waals surface area contributed by atoms with Crippen LogP contribution in [0.15, 0.2) is 12.1 Å². The average molecular weight is 267 g/mol. The number of aryl methyl sites for hydroxylation is 2. The highest BCUT2D eigenvalue weighted by Gasteiger charge is 2.19. The van der Waals surface area contributed by atoms with Crippen LogP contribution in [0, 0.1) is 12.3 Å². The quantitative estimate of drug-likeness (QED) is 0.781. The minimum absolute atomic E-state index is 0.237. The molecule has 0 atom stereocenters. The van der Waals surface area contributed by atoms with Crippen LogP contribution in [0.3, 0.4) is 0 Å². The van der Waals surface area contributed by atoms with Crippen molar-refractivity contribution in [2.45, 2.75) is 66.3 Å². The van der Waals surface area contributed by atoms with Crippen LogP contribution in [-0.2, 0) is 6.42 Å². The molecule has 0 saturated heterocycles. The van der Waals surface area contributed by atoms with Crippen molar-refractivity contribution < 1.29 is 0 Å². The molecule has 0 fully saturated rings. The third kappa shape index (κ3) is 6.55. The van der Waals surface area contributed by atoms with E-state index >= 15 is 0 Å². The summed E-state index contributed by atoms with van der Waals surface area (Å²) in [5.41, 5.74) is 0.664. The summed E-state index contributed by atoms with van der Waals surface area (Å²) in [4.78, 5) is 2.96. The number of hydrogen-bond donors (Lipinski definition) is 1. The molecule has 2 heteroatoms. The van der Waals surface area contributed by atoms with Crippen LogP contribution in [0.4, 0.5) is 0 Å². The first-order chi connectivity index (χ1) is 8.18. The lowest BCUT2D eigenvalue weighted by Crippen LogP contribution is -2.38. The van der Waals surface area contributed by atoms with E-state index < -0.39 is 0 Å². The minimum Gasteiger partial charge on any atom is -0.312 e. The maximum absolute atomic E-state index is 3.58. The lowest BCUT2D eigenvalue weighted by molar-refractivity contribution is 0.285. The molecule has 0 aliphatic heterocycles. The van der Waals surface area contributed by atoms with Gasteiger partial charge in [-0.25, -0.2) is 0 Å². The van der Waals surface area contributed by atoms with E-state index in [2.05, 4.69) is 59.0 Å². The molecule has 0 aromatic carbocycles. The molecule has 18 heavy (non-hydrogen) atoms. The molecule has 0 spiro atoms. The Kier molecular flexibility index (Phi) is 5.42. The highest BCUT2D eigenvalue weighted by molar-refractivity contribution is 7.11. The Morgan fingerprint density at radius 2 is 1.72 bits per heavy atom. The predicted octanol–water partition coefficient (Wildman–Crippen LogP) is 4.79. The second-order valence-corrected chi connectivity index (χ2v) is 8.48. The highest BCUT2D eigenvalue weighted by atomic mass is 32.1. The fraction of sp³-hybridized carbons (Fsp3) is 0.750. The molecule has 1 aromatic rings. The third-order valence-electron chi connectivity index (χ3n) is 3.30. The van der Waals surface area contributed by atoms with Gasteiger partial charge in [-0.2, -0.15) is 0 Å². The van der Waals surface area contributed by atoms with Crippen molar-refractivity contribution in [1.82, 2.24) is 5.32 Å². The zero-order valence-electron chi connectivity index (χ0n) is 12.9. The van der Waals surface area contributed by atoms with Crippen LogP contribution in [0.1, 0.15) is 57.2 Å². The summed E-state index contributed by atoms with van der Waals surface area (Å²) in [5.74, 6) is 0. The molecule has 0 unspecified atom stereocenters. The normalized spacial score (nSPS) is 13.0. The molecule has 0 bridgehead atoms. The maximum atomic E-state index is 3.58. The van der Waals surface area contributed by atoms with Gasteiger partial charge in [0.25, 0.3) is 0 Å². The molecule has 0 aliphatic rings. The first kappa shape index (κ1) is 15.7. The summed E-state index contributed by atoms with van der Waals surface area (Å²) < 4.78 is 0. The number of rotatable bonds is 6. The van der Waals surface area contributed by atoms with Crippen molar-refractivity contribution in [3.05, 3.63) is 21.9 Å². The van der Waals surface area contributed by atoms with E-state index in [9.17, 15) is 0 Å². The van der Waals surface area contributed by atoms with E-state index in [1.54, 1.807) is 0 Å². The van der Waals surface area contributed by atoms with Crippen molar-refractivity contribution in [3.8, 4) is 0 Å². The summed E-state index contributed by atoms with van der Waals surface area (Å²) in [5, 5.41) is 3.58. The van der Waals surface area contributed by atoms with Crippen molar-refractivity contribution in [2.24, 2.45) is 5.41 Å². The zero-order chi connectivity index (χ0) is 13.8. The van der Waals surface area contributed by atoms with Crippen LogP contribution in [0.2, 0.25) is 0 Å². The molecular formula is C16H29NS. The highest BCUT2D eigenvalue weighted by Crippen LogP contribution is 2.28. The van der Waals surface area contributed by atoms with Gasteiger partial charge in [0.15, 0.2) is 0 Å². The van der Waals surface area contributed by atoms with E-state index in [0.717, 1.165) is 6.54 Å². The molecule has 1 N–H and O–H groups in total. The molecule has 0 amide bonds. The molecule has 104 valence electrons. The summed E-state index contributed by atoms with van der Waals surface area (Å²) in [6.07, 6.45) is 3.74. The van der Waals surface area contributed by atoms with E-state index in [4.69, 9.17) is 0 Å². The summed E-state index contributed by atoms with van der Waals surface area (Å²) in [6, 6.07) is 4.51. The average Bonchev–Trinajstić information content (AvgIpc) is 2.59. The number of thiophene rings is 1. The fourth-order valence-corrected chi connectivity index (χ4v) is 2.87. The first-order valence-electron chi connectivity index (χ1n) is 6.98. The second-order valence-electron chi connectivity index (χ2n) is 7.10. The standard InChI is InChI=1S/C16H29NS/c1-13-7-8-14(18-13)9-10-16(5,6)11-12-17-15(2,3)4/h7-8,17H,9-12H2,1-6H3. The van der Waals surface area contributed by atoms with Gasteiger partial charge in [-0.1, -0.05) is 13.8 Å². The summed E-state index contributed by atoms with van der Waals surface area (Å²) in [6.45, 7) is 14.8. The van der Waals surface area contributed by atoms with Gasteiger partial charge in [-0.15, -0.1) is 11.3 Å². The smallest absolute Gasteiger partial charge is 0.00965 e. The lowest BCUT2D eigenvalue weighted by atomic mass is 9.84. The van der Waals surface area contributed by atoms with Gasteiger partial charge in [-0.05, 0) is 71.0 Å². The monoisotopic (exact) mass is 267 g/mol. The Bertz CT molecular complexity index is 357. The third-order valence-corrected chi connectivity index (χ3v) is 4.36. The van der Waals surface area contributed by atoms with E-state index in [-0.39, 0.29) is 5.54 Å². The molecule has 0 saturated carbocycles. The van der Waals surface area contributed by atoms with Gasteiger partial charge >= 0.3 is 0 Å². The Labute approximate surface area is 117 Å². The fourth-order valence-electron chi connectivity index (χ4n) is 1.98. The summed E-state index contributed by atoms with van der Waals surface area (Å²) >= 11 is 1.94. The first-order valence-corrected chi connectivity index (χ1v) is 7.80. The molecule has 1 nitrogen and oxygen atoms in total. The van der Waals surface area contributed by atoms with Crippen LogP contribution in [0.5, 0.6) is 0 Å².